The van der Waals surface area contributed by atoms with Crippen LogP contribution in [-0.4, -0.2) is 11.1 Å². The maximum atomic E-state index is 11.3. The molecule has 0 amide bonds. The summed E-state index contributed by atoms with van der Waals surface area (Å²) in [7, 11) is 0. The summed E-state index contributed by atoms with van der Waals surface area (Å²) >= 11 is 0. The molecule has 100 valence electrons. The second kappa shape index (κ2) is 6.38. The molecule has 1 N–H and O–H groups in total. The minimum Gasteiger partial charge on any atom is -0.478 e. The van der Waals surface area contributed by atoms with Crippen LogP contribution in [0.4, 0.5) is 0 Å². The molecule has 0 radical (unpaired) electrons. The molecule has 0 saturated heterocycles. The SMILES string of the molecule is N#CCCc1ccc(C2CCCCC2)cc1C(=O)O. The largest absolute Gasteiger partial charge is 0.478 e. The van der Waals surface area contributed by atoms with Gasteiger partial charge in [-0.3, -0.25) is 0 Å². The maximum absolute atomic E-state index is 11.3. The van der Waals surface area contributed by atoms with Crippen LogP contribution in [-0.2, 0) is 6.42 Å². The van der Waals surface area contributed by atoms with Crippen LogP contribution in [0.2, 0.25) is 0 Å². The molecule has 1 aliphatic carbocycles. The van der Waals surface area contributed by atoms with E-state index in [-0.39, 0.29) is 0 Å². The first-order chi connectivity index (χ1) is 9.22. The lowest BCUT2D eigenvalue weighted by Gasteiger charge is -2.22. The van der Waals surface area contributed by atoms with E-state index >= 15 is 0 Å². The molecule has 19 heavy (non-hydrogen) atoms. The number of carbonyl (C=O) groups is 1. The first kappa shape index (κ1) is 13.6. The first-order valence-electron chi connectivity index (χ1n) is 6.95. The lowest BCUT2D eigenvalue weighted by atomic mass is 9.83. The normalized spacial score (nSPS) is 15.9. The Morgan fingerprint density at radius 2 is 2.05 bits per heavy atom. The third kappa shape index (κ3) is 3.35. The Bertz CT molecular complexity index is 496. The van der Waals surface area contributed by atoms with Gasteiger partial charge in [0.15, 0.2) is 0 Å². The Hall–Kier alpha value is -1.82. The van der Waals surface area contributed by atoms with Crippen molar-refractivity contribution in [3.05, 3.63) is 34.9 Å². The van der Waals surface area contributed by atoms with E-state index in [1.54, 1.807) is 0 Å². The van der Waals surface area contributed by atoms with E-state index in [1.807, 2.05) is 12.1 Å². The molecule has 1 saturated carbocycles. The topological polar surface area (TPSA) is 61.1 Å². The quantitative estimate of drug-likeness (QED) is 0.890. The molecule has 0 atom stereocenters. The van der Waals surface area contributed by atoms with Crippen molar-refractivity contribution in [2.45, 2.75) is 50.9 Å². The van der Waals surface area contributed by atoms with Crippen LogP contribution >= 0.6 is 0 Å². The third-order valence-electron chi connectivity index (χ3n) is 3.95. The van der Waals surface area contributed by atoms with Gasteiger partial charge in [-0.05, 0) is 42.4 Å². The van der Waals surface area contributed by atoms with Crippen molar-refractivity contribution in [1.29, 1.82) is 5.26 Å². The maximum Gasteiger partial charge on any atom is 0.335 e. The van der Waals surface area contributed by atoms with Crippen LogP contribution < -0.4 is 0 Å². The van der Waals surface area contributed by atoms with Gasteiger partial charge in [0.25, 0.3) is 0 Å². The van der Waals surface area contributed by atoms with Crippen molar-refractivity contribution in [3.8, 4) is 6.07 Å². The van der Waals surface area contributed by atoms with Gasteiger partial charge in [-0.15, -0.1) is 0 Å². The summed E-state index contributed by atoms with van der Waals surface area (Å²) in [6.07, 6.45) is 6.98. The highest BCUT2D eigenvalue weighted by Gasteiger charge is 2.18. The number of carboxylic acid groups (broad SMARTS) is 1. The number of aromatic carboxylic acids is 1. The number of aryl methyl sites for hydroxylation is 1. The van der Waals surface area contributed by atoms with E-state index in [9.17, 15) is 9.90 Å². The second-order valence-corrected chi connectivity index (χ2v) is 5.21. The van der Waals surface area contributed by atoms with E-state index in [0.29, 0.717) is 24.3 Å². The van der Waals surface area contributed by atoms with Crippen molar-refractivity contribution in [3.63, 3.8) is 0 Å². The highest BCUT2D eigenvalue weighted by Crippen LogP contribution is 2.33. The molecular formula is C16H19NO2. The lowest BCUT2D eigenvalue weighted by Crippen LogP contribution is -2.08. The summed E-state index contributed by atoms with van der Waals surface area (Å²) in [4.78, 5) is 11.3. The molecule has 1 aromatic rings. The van der Waals surface area contributed by atoms with Crippen LogP contribution in [0, 0.1) is 11.3 Å². The highest BCUT2D eigenvalue weighted by molar-refractivity contribution is 5.89. The lowest BCUT2D eigenvalue weighted by molar-refractivity contribution is 0.0695. The van der Waals surface area contributed by atoms with Gasteiger partial charge in [-0.1, -0.05) is 31.4 Å². The molecule has 0 aromatic heterocycles. The smallest absolute Gasteiger partial charge is 0.335 e. The van der Waals surface area contributed by atoms with Crippen LogP contribution in [0.15, 0.2) is 18.2 Å². The molecule has 1 aromatic carbocycles. The van der Waals surface area contributed by atoms with Gasteiger partial charge in [-0.25, -0.2) is 4.79 Å². The molecule has 1 aliphatic rings. The molecule has 0 spiro atoms. The van der Waals surface area contributed by atoms with Crippen molar-refractivity contribution in [1.82, 2.24) is 0 Å². The highest BCUT2D eigenvalue weighted by atomic mass is 16.4. The molecule has 0 unspecified atom stereocenters. The fourth-order valence-corrected chi connectivity index (χ4v) is 2.89. The van der Waals surface area contributed by atoms with Gasteiger partial charge in [-0.2, -0.15) is 5.26 Å². The molecule has 3 heteroatoms. The van der Waals surface area contributed by atoms with Crippen LogP contribution in [0.5, 0.6) is 0 Å². The number of carboxylic acids is 1. The zero-order chi connectivity index (χ0) is 13.7. The van der Waals surface area contributed by atoms with Crippen molar-refractivity contribution in [2.75, 3.05) is 0 Å². The minimum absolute atomic E-state index is 0.364. The Morgan fingerprint density at radius 3 is 2.68 bits per heavy atom. The number of hydrogen-bond donors (Lipinski definition) is 1. The summed E-state index contributed by atoms with van der Waals surface area (Å²) in [5.41, 5.74) is 2.30. The standard InChI is InChI=1S/C16H19NO2/c17-10-4-7-13-8-9-14(11-15(13)16(18)19)12-5-2-1-3-6-12/h8-9,11-12H,1-7H2,(H,18,19). The minimum atomic E-state index is -0.884. The van der Waals surface area contributed by atoms with Crippen LogP contribution in [0.1, 0.15) is 65.9 Å². The molecule has 3 nitrogen and oxygen atoms in total. The van der Waals surface area contributed by atoms with Gasteiger partial charge < -0.3 is 5.11 Å². The van der Waals surface area contributed by atoms with Crippen molar-refractivity contribution < 1.29 is 9.90 Å². The molecule has 0 aliphatic heterocycles. The monoisotopic (exact) mass is 257 g/mol. The van der Waals surface area contributed by atoms with E-state index in [4.69, 9.17) is 5.26 Å². The average molecular weight is 257 g/mol. The molecule has 2 rings (SSSR count). The Morgan fingerprint density at radius 1 is 1.32 bits per heavy atom. The van der Waals surface area contributed by atoms with Crippen LogP contribution in [0.25, 0.3) is 0 Å². The number of hydrogen-bond acceptors (Lipinski definition) is 2. The average Bonchev–Trinajstić information content (AvgIpc) is 2.45. The summed E-state index contributed by atoms with van der Waals surface area (Å²) in [5, 5.41) is 17.9. The van der Waals surface area contributed by atoms with E-state index in [1.165, 1.54) is 19.3 Å². The number of rotatable bonds is 4. The van der Waals surface area contributed by atoms with E-state index in [2.05, 4.69) is 12.1 Å². The summed E-state index contributed by atoms with van der Waals surface area (Å²) < 4.78 is 0. The van der Waals surface area contributed by atoms with Gasteiger partial charge in [0.1, 0.15) is 0 Å². The number of nitrogens with zero attached hydrogens (tertiary/aromatic N) is 1. The Labute approximate surface area is 113 Å². The number of benzene rings is 1. The van der Waals surface area contributed by atoms with Crippen molar-refractivity contribution >= 4 is 5.97 Å². The molecular weight excluding hydrogens is 238 g/mol. The predicted molar refractivity (Wildman–Crippen MR) is 73.2 cm³/mol. The number of nitriles is 1. The molecule has 0 heterocycles. The zero-order valence-electron chi connectivity index (χ0n) is 11.1. The molecule has 0 bridgehead atoms. The summed E-state index contributed by atoms with van der Waals surface area (Å²) in [6.45, 7) is 0. The van der Waals surface area contributed by atoms with Gasteiger partial charge in [0.05, 0.1) is 11.6 Å². The van der Waals surface area contributed by atoms with Crippen LogP contribution in [0.3, 0.4) is 0 Å². The van der Waals surface area contributed by atoms with E-state index in [0.717, 1.165) is 24.0 Å². The van der Waals surface area contributed by atoms with E-state index < -0.39 is 5.97 Å². The fraction of sp³-hybridized carbons (Fsp3) is 0.500. The zero-order valence-corrected chi connectivity index (χ0v) is 11.1. The Kier molecular flexibility index (Phi) is 4.57. The fourth-order valence-electron chi connectivity index (χ4n) is 2.89. The van der Waals surface area contributed by atoms with Gasteiger partial charge >= 0.3 is 5.97 Å². The second-order valence-electron chi connectivity index (χ2n) is 5.21. The summed E-state index contributed by atoms with van der Waals surface area (Å²) in [5.74, 6) is -0.373. The predicted octanol–water partition coefficient (Wildman–Crippen LogP) is 3.89. The van der Waals surface area contributed by atoms with Gasteiger partial charge in [0.2, 0.25) is 0 Å². The first-order valence-corrected chi connectivity index (χ1v) is 6.95. The van der Waals surface area contributed by atoms with Crippen molar-refractivity contribution in [2.24, 2.45) is 0 Å². The third-order valence-corrected chi connectivity index (χ3v) is 3.95. The van der Waals surface area contributed by atoms with Gasteiger partial charge in [0, 0.05) is 6.42 Å². The molecule has 1 fully saturated rings. The summed E-state index contributed by atoms with van der Waals surface area (Å²) in [6, 6.07) is 7.84. The Balaban J connectivity index is 2.25.